The standard InChI is InChI=1S/C21H20F3N3O/c1-3-15-8-10-16(11-9-15)14(2)26-13-17(12-25)20(28)27-19-7-5-4-6-18(19)21(22,23)24/h4-11,13-14,26H,3H2,1-2H3,(H,27,28)/b17-13-. The summed E-state index contributed by atoms with van der Waals surface area (Å²) in [6.07, 6.45) is -2.48. The summed E-state index contributed by atoms with van der Waals surface area (Å²) in [4.78, 5) is 12.2. The van der Waals surface area contributed by atoms with Crippen molar-refractivity contribution in [1.29, 1.82) is 5.26 Å². The summed E-state index contributed by atoms with van der Waals surface area (Å²) >= 11 is 0. The molecule has 1 amide bonds. The van der Waals surface area contributed by atoms with Crippen LogP contribution in [0.2, 0.25) is 0 Å². The minimum Gasteiger partial charge on any atom is -0.383 e. The van der Waals surface area contributed by atoms with Crippen molar-refractivity contribution in [2.75, 3.05) is 5.32 Å². The number of hydrogen-bond donors (Lipinski definition) is 2. The van der Waals surface area contributed by atoms with Gasteiger partial charge in [0.25, 0.3) is 5.91 Å². The highest BCUT2D eigenvalue weighted by Crippen LogP contribution is 2.34. The van der Waals surface area contributed by atoms with Crippen LogP contribution < -0.4 is 10.6 Å². The summed E-state index contributed by atoms with van der Waals surface area (Å²) in [5.41, 5.74) is 0.441. The molecule has 1 atom stereocenters. The van der Waals surface area contributed by atoms with Crippen LogP contribution in [0.25, 0.3) is 0 Å². The van der Waals surface area contributed by atoms with Crippen LogP contribution in [0.5, 0.6) is 0 Å². The van der Waals surface area contributed by atoms with E-state index in [4.69, 9.17) is 0 Å². The van der Waals surface area contributed by atoms with Crippen LogP contribution in [0.4, 0.5) is 18.9 Å². The number of aryl methyl sites for hydroxylation is 1. The first-order valence-corrected chi connectivity index (χ1v) is 8.69. The molecule has 0 saturated carbocycles. The molecule has 0 bridgehead atoms. The molecule has 0 fully saturated rings. The van der Waals surface area contributed by atoms with Gasteiger partial charge < -0.3 is 10.6 Å². The molecule has 7 heteroatoms. The van der Waals surface area contributed by atoms with Crippen LogP contribution in [0, 0.1) is 11.3 Å². The van der Waals surface area contributed by atoms with Crippen LogP contribution in [0.15, 0.2) is 60.3 Å². The van der Waals surface area contributed by atoms with Gasteiger partial charge in [-0.2, -0.15) is 18.4 Å². The monoisotopic (exact) mass is 387 g/mol. The fourth-order valence-corrected chi connectivity index (χ4v) is 2.52. The number of carbonyl (C=O) groups excluding carboxylic acids is 1. The van der Waals surface area contributed by atoms with Crippen molar-refractivity contribution in [2.24, 2.45) is 0 Å². The number of rotatable bonds is 6. The van der Waals surface area contributed by atoms with Crippen LogP contribution in [0.1, 0.15) is 36.6 Å². The fourth-order valence-electron chi connectivity index (χ4n) is 2.52. The smallest absolute Gasteiger partial charge is 0.383 e. The van der Waals surface area contributed by atoms with Gasteiger partial charge in [-0.3, -0.25) is 4.79 Å². The minimum atomic E-state index is -4.61. The molecule has 0 aliphatic carbocycles. The van der Waals surface area contributed by atoms with E-state index in [1.165, 1.54) is 23.9 Å². The Morgan fingerprint density at radius 1 is 1.18 bits per heavy atom. The zero-order chi connectivity index (χ0) is 20.7. The highest BCUT2D eigenvalue weighted by molar-refractivity contribution is 6.06. The molecule has 146 valence electrons. The number of halogens is 3. The van der Waals surface area contributed by atoms with E-state index in [-0.39, 0.29) is 11.6 Å². The highest BCUT2D eigenvalue weighted by atomic mass is 19.4. The Balaban J connectivity index is 2.12. The predicted octanol–water partition coefficient (Wildman–Crippen LogP) is 4.96. The lowest BCUT2D eigenvalue weighted by atomic mass is 10.1. The average molecular weight is 387 g/mol. The molecular formula is C21H20F3N3O. The maximum absolute atomic E-state index is 13.0. The molecule has 0 spiro atoms. The van der Waals surface area contributed by atoms with Crippen molar-refractivity contribution in [3.8, 4) is 6.07 Å². The molecule has 28 heavy (non-hydrogen) atoms. The largest absolute Gasteiger partial charge is 0.418 e. The van der Waals surface area contributed by atoms with Gasteiger partial charge in [-0.1, -0.05) is 43.3 Å². The van der Waals surface area contributed by atoms with Gasteiger partial charge in [-0.25, -0.2) is 0 Å². The summed E-state index contributed by atoms with van der Waals surface area (Å²) in [6, 6.07) is 14.0. The second-order valence-corrected chi connectivity index (χ2v) is 6.15. The molecule has 2 aromatic carbocycles. The summed E-state index contributed by atoms with van der Waals surface area (Å²) < 4.78 is 39.1. The number of hydrogen-bond acceptors (Lipinski definition) is 3. The SMILES string of the molecule is CCc1ccc(C(C)N/C=C(/C#N)C(=O)Nc2ccccc2C(F)(F)F)cc1. The van der Waals surface area contributed by atoms with Gasteiger partial charge in [-0.05, 0) is 36.6 Å². The molecule has 2 rings (SSSR count). The van der Waals surface area contributed by atoms with Crippen molar-refractivity contribution < 1.29 is 18.0 Å². The predicted molar refractivity (Wildman–Crippen MR) is 101 cm³/mol. The number of nitrogens with zero attached hydrogens (tertiary/aromatic N) is 1. The third-order valence-electron chi connectivity index (χ3n) is 4.21. The van der Waals surface area contributed by atoms with E-state index in [0.717, 1.165) is 24.1 Å². The van der Waals surface area contributed by atoms with Crippen molar-refractivity contribution in [3.05, 3.63) is 77.0 Å². The first-order chi connectivity index (χ1) is 13.3. The first-order valence-electron chi connectivity index (χ1n) is 8.69. The highest BCUT2D eigenvalue weighted by Gasteiger charge is 2.33. The number of para-hydroxylation sites is 1. The van der Waals surface area contributed by atoms with Gasteiger partial charge >= 0.3 is 6.18 Å². The van der Waals surface area contributed by atoms with Crippen molar-refractivity contribution in [3.63, 3.8) is 0 Å². The van der Waals surface area contributed by atoms with Crippen molar-refractivity contribution in [2.45, 2.75) is 32.5 Å². The Morgan fingerprint density at radius 3 is 2.39 bits per heavy atom. The number of nitriles is 1. The lowest BCUT2D eigenvalue weighted by molar-refractivity contribution is -0.137. The fraction of sp³-hybridized carbons (Fsp3) is 0.238. The molecule has 2 N–H and O–H groups in total. The molecule has 0 heterocycles. The van der Waals surface area contributed by atoms with Crippen molar-refractivity contribution >= 4 is 11.6 Å². The number of amides is 1. The molecule has 1 unspecified atom stereocenters. The Morgan fingerprint density at radius 2 is 1.82 bits per heavy atom. The van der Waals surface area contributed by atoms with Gasteiger partial charge in [0, 0.05) is 12.2 Å². The molecule has 4 nitrogen and oxygen atoms in total. The molecule has 0 saturated heterocycles. The quantitative estimate of drug-likeness (QED) is 0.544. The van der Waals surface area contributed by atoms with Crippen LogP contribution in [-0.4, -0.2) is 5.91 Å². The summed E-state index contributed by atoms with van der Waals surface area (Å²) in [5.74, 6) is -0.916. The number of nitrogens with one attached hydrogen (secondary N) is 2. The van der Waals surface area contributed by atoms with Gasteiger partial charge in [0.15, 0.2) is 0 Å². The maximum atomic E-state index is 13.0. The van der Waals surface area contributed by atoms with E-state index >= 15 is 0 Å². The molecule has 0 aromatic heterocycles. The van der Waals surface area contributed by atoms with Gasteiger partial charge in [0.2, 0.25) is 0 Å². The third kappa shape index (κ3) is 5.36. The van der Waals surface area contributed by atoms with Crippen LogP contribution in [-0.2, 0) is 17.4 Å². The number of benzene rings is 2. The summed E-state index contributed by atoms with van der Waals surface area (Å²) in [5, 5.41) is 14.3. The Kier molecular flexibility index (Phi) is 6.83. The van der Waals surface area contributed by atoms with E-state index < -0.39 is 23.3 Å². The van der Waals surface area contributed by atoms with E-state index in [9.17, 15) is 23.2 Å². The topological polar surface area (TPSA) is 64.9 Å². The number of alkyl halides is 3. The Labute approximate surface area is 161 Å². The Hall–Kier alpha value is -3.27. The van der Waals surface area contributed by atoms with Gasteiger partial charge in [-0.15, -0.1) is 0 Å². The zero-order valence-electron chi connectivity index (χ0n) is 15.5. The van der Waals surface area contributed by atoms with Crippen molar-refractivity contribution in [1.82, 2.24) is 5.32 Å². The Bertz CT molecular complexity index is 896. The van der Waals surface area contributed by atoms with Gasteiger partial charge in [0.1, 0.15) is 11.6 Å². The van der Waals surface area contributed by atoms with E-state index in [1.807, 2.05) is 38.1 Å². The maximum Gasteiger partial charge on any atom is 0.418 e. The molecule has 0 aliphatic rings. The number of carbonyl (C=O) groups is 1. The van der Waals surface area contributed by atoms with E-state index in [2.05, 4.69) is 10.6 Å². The number of anilines is 1. The summed E-state index contributed by atoms with van der Waals surface area (Å²) in [6.45, 7) is 3.90. The lowest BCUT2D eigenvalue weighted by Crippen LogP contribution is -2.20. The minimum absolute atomic E-state index is 0.190. The third-order valence-corrected chi connectivity index (χ3v) is 4.21. The first kappa shape index (κ1) is 21.0. The molecule has 0 radical (unpaired) electrons. The van der Waals surface area contributed by atoms with E-state index in [0.29, 0.717) is 0 Å². The summed E-state index contributed by atoms with van der Waals surface area (Å²) in [7, 11) is 0. The van der Waals surface area contributed by atoms with Crippen LogP contribution in [0.3, 0.4) is 0 Å². The molecular weight excluding hydrogens is 367 g/mol. The molecule has 2 aromatic rings. The van der Waals surface area contributed by atoms with Crippen LogP contribution >= 0.6 is 0 Å². The normalized spacial score (nSPS) is 12.8. The lowest BCUT2D eigenvalue weighted by Gasteiger charge is -2.15. The second-order valence-electron chi connectivity index (χ2n) is 6.15. The van der Waals surface area contributed by atoms with E-state index in [1.54, 1.807) is 6.07 Å². The average Bonchev–Trinajstić information content (AvgIpc) is 2.68. The second kappa shape index (κ2) is 9.09. The van der Waals surface area contributed by atoms with Gasteiger partial charge in [0.05, 0.1) is 11.3 Å². The molecule has 0 aliphatic heterocycles. The zero-order valence-corrected chi connectivity index (χ0v) is 15.5.